The van der Waals surface area contributed by atoms with Crippen molar-refractivity contribution in [3.05, 3.63) is 42.0 Å². The van der Waals surface area contributed by atoms with E-state index in [-0.39, 0.29) is 35.3 Å². The number of carbonyl (C=O) groups excluding carboxylic acids is 2. The van der Waals surface area contributed by atoms with Crippen LogP contribution >= 0.6 is 0 Å². The van der Waals surface area contributed by atoms with Gasteiger partial charge in [-0.1, -0.05) is 42.7 Å². The van der Waals surface area contributed by atoms with Gasteiger partial charge in [-0.3, -0.25) is 18.7 Å². The lowest BCUT2D eigenvalue weighted by Gasteiger charge is -2.24. The Balaban J connectivity index is 1.17. The number of hydrogen-bond donors (Lipinski definition) is 0. The fourth-order valence-corrected chi connectivity index (χ4v) is 5.54. The summed E-state index contributed by atoms with van der Waals surface area (Å²) in [6.45, 7) is 4.27. The highest BCUT2D eigenvalue weighted by atomic mass is 32.2. The minimum atomic E-state index is -3.73. The van der Waals surface area contributed by atoms with Crippen LogP contribution in [0.3, 0.4) is 0 Å². The fourth-order valence-electron chi connectivity index (χ4n) is 4.60. The first-order chi connectivity index (χ1) is 14.2. The molecule has 1 aromatic rings. The molecule has 4 unspecified atom stereocenters. The second-order valence-electron chi connectivity index (χ2n) is 8.46. The predicted molar refractivity (Wildman–Crippen MR) is 109 cm³/mol. The van der Waals surface area contributed by atoms with Gasteiger partial charge >= 0.3 is 0 Å². The van der Waals surface area contributed by atoms with Gasteiger partial charge in [-0.25, -0.2) is 0 Å². The van der Waals surface area contributed by atoms with Crippen LogP contribution in [-0.2, 0) is 28.6 Å². The summed E-state index contributed by atoms with van der Waals surface area (Å²) in [6, 6.07) is 6.55. The molecule has 0 aliphatic carbocycles. The molecule has 2 amide bonds. The summed E-state index contributed by atoms with van der Waals surface area (Å²) < 4.78 is 35.2. The highest BCUT2D eigenvalue weighted by Gasteiger charge is 2.65. The van der Waals surface area contributed by atoms with Crippen LogP contribution in [0.25, 0.3) is 0 Å². The molecule has 2 fully saturated rings. The number of unbranched alkanes of at least 4 members (excludes halogenated alkanes) is 3. The molecule has 0 N–H and O–H groups in total. The lowest BCUT2D eigenvalue weighted by Crippen LogP contribution is -2.38. The van der Waals surface area contributed by atoms with Gasteiger partial charge in [0.15, 0.2) is 0 Å². The number of amides is 2. The van der Waals surface area contributed by atoms with Crippen molar-refractivity contribution in [2.45, 2.75) is 56.1 Å². The van der Waals surface area contributed by atoms with Crippen LogP contribution in [0.5, 0.6) is 0 Å². The Labute approximate surface area is 177 Å². The maximum atomic E-state index is 12.7. The summed E-state index contributed by atoms with van der Waals surface area (Å²) in [4.78, 5) is 26.9. The van der Waals surface area contributed by atoms with Gasteiger partial charge in [-0.2, -0.15) is 8.42 Å². The minimum Gasteiger partial charge on any atom is -0.362 e. The molecule has 3 aliphatic heterocycles. The van der Waals surface area contributed by atoms with Crippen LogP contribution in [0.2, 0.25) is 0 Å². The third-order valence-corrected chi connectivity index (χ3v) is 7.57. The van der Waals surface area contributed by atoms with E-state index in [1.807, 2.05) is 26.0 Å². The van der Waals surface area contributed by atoms with Crippen molar-refractivity contribution < 1.29 is 26.9 Å². The summed E-state index contributed by atoms with van der Waals surface area (Å²) in [5, 5.41) is 0. The number of ether oxygens (including phenoxy) is 1. The molecule has 8 heteroatoms. The van der Waals surface area contributed by atoms with Crippen LogP contribution < -0.4 is 0 Å². The van der Waals surface area contributed by atoms with E-state index in [1.165, 1.54) is 17.0 Å². The number of aryl methyl sites for hydroxylation is 1. The first kappa shape index (κ1) is 21.2. The summed E-state index contributed by atoms with van der Waals surface area (Å²) in [5.41, 5.74) is 0.329. The van der Waals surface area contributed by atoms with Gasteiger partial charge < -0.3 is 4.74 Å². The van der Waals surface area contributed by atoms with Gasteiger partial charge in [-0.05, 0) is 38.8 Å². The lowest BCUT2D eigenvalue weighted by molar-refractivity contribution is -0.143. The minimum absolute atomic E-state index is 0.116. The molecule has 3 aliphatic rings. The normalized spacial score (nSPS) is 29.8. The van der Waals surface area contributed by atoms with Crippen molar-refractivity contribution in [2.24, 2.45) is 11.8 Å². The molecule has 162 valence electrons. The van der Waals surface area contributed by atoms with Crippen molar-refractivity contribution in [1.82, 2.24) is 4.90 Å². The maximum Gasteiger partial charge on any atom is 0.296 e. The Kier molecular flexibility index (Phi) is 5.59. The van der Waals surface area contributed by atoms with Crippen LogP contribution in [0, 0.1) is 18.8 Å². The largest absolute Gasteiger partial charge is 0.362 e. The highest BCUT2D eigenvalue weighted by Crippen LogP contribution is 2.51. The molecule has 0 spiro atoms. The van der Waals surface area contributed by atoms with Crippen LogP contribution in [0.1, 0.15) is 38.2 Å². The maximum absolute atomic E-state index is 12.7. The monoisotopic (exact) mass is 433 g/mol. The Bertz CT molecular complexity index is 970. The second kappa shape index (κ2) is 7.90. The van der Waals surface area contributed by atoms with Gasteiger partial charge in [0.1, 0.15) is 0 Å². The molecule has 0 radical (unpaired) electrons. The number of rotatable bonds is 9. The smallest absolute Gasteiger partial charge is 0.296 e. The van der Waals surface area contributed by atoms with Gasteiger partial charge in [0.05, 0.1) is 35.0 Å². The molecule has 2 saturated heterocycles. The topological polar surface area (TPSA) is 90.0 Å². The molecule has 30 heavy (non-hydrogen) atoms. The lowest BCUT2D eigenvalue weighted by atomic mass is 9.78. The zero-order chi connectivity index (χ0) is 21.5. The molecule has 2 bridgehead atoms. The van der Waals surface area contributed by atoms with Crippen molar-refractivity contribution in [3.8, 4) is 0 Å². The Morgan fingerprint density at radius 3 is 2.47 bits per heavy atom. The Morgan fingerprint density at radius 1 is 1.07 bits per heavy atom. The molecule has 4 rings (SSSR count). The third kappa shape index (κ3) is 3.72. The number of imide groups is 1. The summed E-state index contributed by atoms with van der Waals surface area (Å²) >= 11 is 0. The third-order valence-electron chi connectivity index (χ3n) is 6.24. The van der Waals surface area contributed by atoms with E-state index < -0.39 is 21.6 Å². The SMILES string of the molecule is Cc1ccc(S(=O)(=O)OCCCCCCN2C(=O)C3C4C=CC(C)(O4)C3C2=O)cc1. The van der Waals surface area contributed by atoms with Crippen molar-refractivity contribution in [3.63, 3.8) is 0 Å². The van der Waals surface area contributed by atoms with E-state index in [4.69, 9.17) is 8.92 Å². The van der Waals surface area contributed by atoms with Gasteiger partial charge in [0.25, 0.3) is 10.1 Å². The molecule has 1 aromatic carbocycles. The quantitative estimate of drug-likeness (QED) is 0.257. The fraction of sp³-hybridized carbons (Fsp3) is 0.545. The van der Waals surface area contributed by atoms with E-state index in [1.54, 1.807) is 12.1 Å². The zero-order valence-electron chi connectivity index (χ0n) is 17.2. The second-order valence-corrected chi connectivity index (χ2v) is 10.1. The summed E-state index contributed by atoms with van der Waals surface area (Å²) in [7, 11) is -3.73. The van der Waals surface area contributed by atoms with E-state index >= 15 is 0 Å². The Morgan fingerprint density at radius 2 is 1.77 bits per heavy atom. The molecule has 7 nitrogen and oxygen atoms in total. The highest BCUT2D eigenvalue weighted by molar-refractivity contribution is 7.86. The van der Waals surface area contributed by atoms with E-state index in [2.05, 4.69) is 0 Å². The van der Waals surface area contributed by atoms with E-state index in [9.17, 15) is 18.0 Å². The van der Waals surface area contributed by atoms with Crippen LogP contribution in [0.15, 0.2) is 41.3 Å². The van der Waals surface area contributed by atoms with Crippen LogP contribution in [0.4, 0.5) is 0 Å². The number of hydrogen-bond acceptors (Lipinski definition) is 6. The van der Waals surface area contributed by atoms with Crippen molar-refractivity contribution in [1.29, 1.82) is 0 Å². The number of benzene rings is 1. The molecule has 0 aromatic heterocycles. The molecule has 4 atom stereocenters. The summed E-state index contributed by atoms with van der Waals surface area (Å²) in [6.07, 6.45) is 6.34. The van der Waals surface area contributed by atoms with Crippen molar-refractivity contribution >= 4 is 21.9 Å². The first-order valence-corrected chi connectivity index (χ1v) is 11.8. The number of likely N-dealkylation sites (tertiary alicyclic amines) is 1. The van der Waals surface area contributed by atoms with Gasteiger partial charge in [0, 0.05) is 6.54 Å². The Hall–Kier alpha value is -2.03. The van der Waals surface area contributed by atoms with Gasteiger partial charge in [-0.15, -0.1) is 0 Å². The van der Waals surface area contributed by atoms with Crippen molar-refractivity contribution in [2.75, 3.05) is 13.2 Å². The number of carbonyl (C=O) groups is 2. The number of nitrogens with zero attached hydrogens (tertiary/aromatic N) is 1. The molecule has 3 heterocycles. The van der Waals surface area contributed by atoms with E-state index in [0.717, 1.165) is 18.4 Å². The molecular formula is C22H27NO6S. The van der Waals surface area contributed by atoms with Gasteiger partial charge in [0.2, 0.25) is 11.8 Å². The van der Waals surface area contributed by atoms with E-state index in [0.29, 0.717) is 19.4 Å². The zero-order valence-corrected chi connectivity index (χ0v) is 18.1. The first-order valence-electron chi connectivity index (χ1n) is 10.4. The molecular weight excluding hydrogens is 406 g/mol. The molecule has 0 saturated carbocycles. The summed E-state index contributed by atoms with van der Waals surface area (Å²) in [5.74, 6) is -1.05. The number of fused-ring (bicyclic) bond motifs is 5. The average Bonchev–Trinajstić information content (AvgIpc) is 3.31. The average molecular weight is 434 g/mol. The van der Waals surface area contributed by atoms with Crippen LogP contribution in [-0.4, -0.2) is 50.0 Å². The predicted octanol–water partition coefficient (Wildman–Crippen LogP) is 2.59. The standard InChI is InChI=1S/C22H27NO6S/c1-15-7-9-16(10-8-15)30(26,27)28-14-6-4-3-5-13-23-20(24)18-17-11-12-22(2,29-17)19(18)21(23)25/h7-12,17-19H,3-6,13-14H2,1-2H3.